The van der Waals surface area contributed by atoms with E-state index in [4.69, 9.17) is 0 Å². The van der Waals surface area contributed by atoms with Gasteiger partial charge in [-0.05, 0) is 33.1 Å². The monoisotopic (exact) mass is 323 g/mol. The first-order valence-corrected chi connectivity index (χ1v) is 8.87. The predicted octanol–water partition coefficient (Wildman–Crippen LogP) is 2.28. The molecule has 1 N–H and O–H groups in total. The molecule has 1 aromatic rings. The van der Waals surface area contributed by atoms with Gasteiger partial charge in [0, 0.05) is 24.4 Å². The number of rotatable bonds is 6. The Morgan fingerprint density at radius 1 is 1.45 bits per heavy atom. The summed E-state index contributed by atoms with van der Waals surface area (Å²) in [5.41, 5.74) is 1.02. The average molecular weight is 323 g/mol. The summed E-state index contributed by atoms with van der Waals surface area (Å²) in [6.45, 7) is 7.86. The molecule has 2 amide bonds. The minimum atomic E-state index is -0.0824. The van der Waals surface area contributed by atoms with Gasteiger partial charge in [-0.15, -0.1) is 11.3 Å². The Morgan fingerprint density at radius 2 is 2.23 bits per heavy atom. The lowest BCUT2D eigenvalue weighted by atomic mass is 9.96. The molecular formula is C16H25N3O2S. The van der Waals surface area contributed by atoms with Gasteiger partial charge in [-0.3, -0.25) is 9.59 Å². The van der Waals surface area contributed by atoms with Crippen LogP contribution < -0.4 is 5.32 Å². The van der Waals surface area contributed by atoms with E-state index >= 15 is 0 Å². The molecule has 22 heavy (non-hydrogen) atoms. The fraction of sp³-hybridized carbons (Fsp3) is 0.688. The molecule has 1 aliphatic heterocycles. The first-order valence-electron chi connectivity index (χ1n) is 8.05. The highest BCUT2D eigenvalue weighted by molar-refractivity contribution is 7.11. The van der Waals surface area contributed by atoms with Gasteiger partial charge in [0.05, 0.1) is 23.2 Å². The van der Waals surface area contributed by atoms with E-state index < -0.39 is 0 Å². The van der Waals surface area contributed by atoms with Gasteiger partial charge in [0.1, 0.15) is 0 Å². The quantitative estimate of drug-likeness (QED) is 0.873. The molecule has 0 bridgehead atoms. The van der Waals surface area contributed by atoms with Crippen molar-refractivity contribution in [2.45, 2.75) is 53.0 Å². The van der Waals surface area contributed by atoms with Crippen molar-refractivity contribution in [3.63, 3.8) is 0 Å². The molecule has 0 unspecified atom stereocenters. The molecule has 1 atom stereocenters. The SMILES string of the molecule is CCCc1nc(C)c(CNC(=O)[C@@H]2CCC(=O)N(CC)C2)s1. The number of thiazole rings is 1. The van der Waals surface area contributed by atoms with Gasteiger partial charge in [-0.2, -0.15) is 0 Å². The van der Waals surface area contributed by atoms with Crippen LogP contribution in [-0.4, -0.2) is 34.8 Å². The molecule has 2 rings (SSSR count). The molecular weight excluding hydrogens is 298 g/mol. The number of aryl methyl sites for hydroxylation is 2. The lowest BCUT2D eigenvalue weighted by molar-refractivity contribution is -0.138. The van der Waals surface area contributed by atoms with Crippen molar-refractivity contribution in [2.24, 2.45) is 5.92 Å². The van der Waals surface area contributed by atoms with Crippen molar-refractivity contribution < 1.29 is 9.59 Å². The standard InChI is InChI=1S/C16H25N3O2S/c1-4-6-14-18-11(3)13(22-14)9-17-16(21)12-7-8-15(20)19(5-2)10-12/h12H,4-10H2,1-3H3,(H,17,21)/t12-/m1/s1. The highest BCUT2D eigenvalue weighted by Gasteiger charge is 2.29. The summed E-state index contributed by atoms with van der Waals surface area (Å²) in [5.74, 6) is 0.130. The van der Waals surface area contributed by atoms with Crippen molar-refractivity contribution in [1.82, 2.24) is 15.2 Å². The molecule has 1 aliphatic rings. The number of carbonyl (C=O) groups is 2. The smallest absolute Gasteiger partial charge is 0.225 e. The highest BCUT2D eigenvalue weighted by atomic mass is 32.1. The van der Waals surface area contributed by atoms with E-state index in [2.05, 4.69) is 17.2 Å². The average Bonchev–Trinajstić information content (AvgIpc) is 2.85. The molecule has 0 saturated carbocycles. The largest absolute Gasteiger partial charge is 0.351 e. The Hall–Kier alpha value is -1.43. The topological polar surface area (TPSA) is 62.3 Å². The maximum Gasteiger partial charge on any atom is 0.225 e. The minimum Gasteiger partial charge on any atom is -0.351 e. The van der Waals surface area contributed by atoms with Crippen molar-refractivity contribution in [2.75, 3.05) is 13.1 Å². The normalized spacial score (nSPS) is 18.6. The van der Waals surface area contributed by atoms with Crippen LogP contribution in [0.3, 0.4) is 0 Å². The molecule has 6 heteroatoms. The zero-order chi connectivity index (χ0) is 16.1. The van der Waals surface area contributed by atoms with Crippen LogP contribution in [0, 0.1) is 12.8 Å². The summed E-state index contributed by atoms with van der Waals surface area (Å²) >= 11 is 1.69. The van der Waals surface area contributed by atoms with Crippen LogP contribution in [0.1, 0.15) is 48.7 Å². The molecule has 0 spiro atoms. The second kappa shape index (κ2) is 7.72. The maximum absolute atomic E-state index is 12.3. The van der Waals surface area contributed by atoms with Crippen LogP contribution in [0.2, 0.25) is 0 Å². The van der Waals surface area contributed by atoms with Gasteiger partial charge < -0.3 is 10.2 Å². The fourth-order valence-corrected chi connectivity index (χ4v) is 3.83. The zero-order valence-corrected chi connectivity index (χ0v) is 14.5. The van der Waals surface area contributed by atoms with E-state index in [1.54, 1.807) is 16.2 Å². The first kappa shape index (κ1) is 16.9. The van der Waals surface area contributed by atoms with Gasteiger partial charge in [0.15, 0.2) is 0 Å². The van der Waals surface area contributed by atoms with Crippen LogP contribution in [0.15, 0.2) is 0 Å². The number of likely N-dealkylation sites (tertiary alicyclic amines) is 1. The lowest BCUT2D eigenvalue weighted by Gasteiger charge is -2.30. The van der Waals surface area contributed by atoms with Crippen molar-refractivity contribution >= 4 is 23.2 Å². The number of nitrogens with one attached hydrogen (secondary N) is 1. The second-order valence-electron chi connectivity index (χ2n) is 5.75. The fourth-order valence-electron chi connectivity index (χ4n) is 2.72. The third-order valence-corrected chi connectivity index (χ3v) is 5.29. The zero-order valence-electron chi connectivity index (χ0n) is 13.6. The molecule has 0 aliphatic carbocycles. The molecule has 122 valence electrons. The number of nitrogens with zero attached hydrogens (tertiary/aromatic N) is 2. The predicted molar refractivity (Wildman–Crippen MR) is 87.7 cm³/mol. The van der Waals surface area contributed by atoms with Crippen molar-refractivity contribution in [3.05, 3.63) is 15.6 Å². The van der Waals surface area contributed by atoms with E-state index in [0.29, 0.717) is 32.5 Å². The molecule has 1 saturated heterocycles. The van der Waals surface area contributed by atoms with Crippen LogP contribution in [-0.2, 0) is 22.6 Å². The van der Waals surface area contributed by atoms with E-state index in [9.17, 15) is 9.59 Å². The molecule has 1 fully saturated rings. The highest BCUT2D eigenvalue weighted by Crippen LogP contribution is 2.21. The number of amides is 2. The Morgan fingerprint density at radius 3 is 2.91 bits per heavy atom. The first-order chi connectivity index (χ1) is 10.5. The van der Waals surface area contributed by atoms with E-state index in [1.807, 2.05) is 13.8 Å². The minimum absolute atomic E-state index is 0.0517. The Labute approximate surface area is 136 Å². The molecule has 0 aromatic carbocycles. The van der Waals surface area contributed by atoms with Gasteiger partial charge in [-0.1, -0.05) is 6.92 Å². The molecule has 1 aromatic heterocycles. The van der Waals surface area contributed by atoms with Gasteiger partial charge in [-0.25, -0.2) is 4.98 Å². The summed E-state index contributed by atoms with van der Waals surface area (Å²) in [5, 5.41) is 4.16. The van der Waals surface area contributed by atoms with Crippen LogP contribution in [0.25, 0.3) is 0 Å². The molecule has 0 radical (unpaired) electrons. The Kier molecular flexibility index (Phi) is 5.94. The van der Waals surface area contributed by atoms with Crippen LogP contribution in [0.4, 0.5) is 0 Å². The molecule has 5 nitrogen and oxygen atoms in total. The summed E-state index contributed by atoms with van der Waals surface area (Å²) in [6.07, 6.45) is 3.22. The third kappa shape index (κ3) is 4.06. The van der Waals surface area contributed by atoms with Crippen molar-refractivity contribution in [3.8, 4) is 0 Å². The van der Waals surface area contributed by atoms with Gasteiger partial charge >= 0.3 is 0 Å². The van der Waals surface area contributed by atoms with Crippen molar-refractivity contribution in [1.29, 1.82) is 0 Å². The summed E-state index contributed by atoms with van der Waals surface area (Å²) < 4.78 is 0. The van der Waals surface area contributed by atoms with E-state index in [0.717, 1.165) is 28.4 Å². The molecule has 2 heterocycles. The van der Waals surface area contributed by atoms with Gasteiger partial charge in [0.2, 0.25) is 11.8 Å². The number of hydrogen-bond acceptors (Lipinski definition) is 4. The Bertz CT molecular complexity index is 541. The lowest BCUT2D eigenvalue weighted by Crippen LogP contribution is -2.45. The number of hydrogen-bond donors (Lipinski definition) is 1. The second-order valence-corrected chi connectivity index (χ2v) is 6.92. The van der Waals surface area contributed by atoms with E-state index in [-0.39, 0.29) is 17.7 Å². The number of piperidine rings is 1. The number of carbonyl (C=O) groups excluding carboxylic acids is 2. The third-order valence-electron chi connectivity index (χ3n) is 4.08. The Balaban J connectivity index is 1.88. The summed E-state index contributed by atoms with van der Waals surface area (Å²) in [7, 11) is 0. The number of aromatic nitrogens is 1. The summed E-state index contributed by atoms with van der Waals surface area (Å²) in [6, 6.07) is 0. The van der Waals surface area contributed by atoms with Gasteiger partial charge in [0.25, 0.3) is 0 Å². The van der Waals surface area contributed by atoms with E-state index in [1.165, 1.54) is 0 Å². The maximum atomic E-state index is 12.3. The van der Waals surface area contributed by atoms with Crippen LogP contribution >= 0.6 is 11.3 Å². The van der Waals surface area contributed by atoms with Crippen LogP contribution in [0.5, 0.6) is 0 Å². The summed E-state index contributed by atoms with van der Waals surface area (Å²) in [4.78, 5) is 31.4.